The van der Waals surface area contributed by atoms with Gasteiger partial charge in [0.05, 0.1) is 5.69 Å². The Bertz CT molecular complexity index is 537. The van der Waals surface area contributed by atoms with Gasteiger partial charge in [-0.05, 0) is 62.5 Å². The molecule has 2 aliphatic carbocycles. The molecule has 2 aliphatic rings. The van der Waals surface area contributed by atoms with Crippen molar-refractivity contribution in [1.82, 2.24) is 4.98 Å². The molecule has 0 unspecified atom stereocenters. The number of carbonyl (C=O) groups excluding carboxylic acids is 1. The number of anilines is 1. The zero-order chi connectivity index (χ0) is 14.7. The molecule has 1 aromatic rings. The molecule has 0 saturated carbocycles. The first-order valence-electron chi connectivity index (χ1n) is 8.63. The van der Waals surface area contributed by atoms with E-state index >= 15 is 0 Å². The minimum absolute atomic E-state index is 0.191. The van der Waals surface area contributed by atoms with Crippen LogP contribution in [0.15, 0.2) is 0 Å². The number of hydrogen-bond acceptors (Lipinski definition) is 2. The Morgan fingerprint density at radius 2 is 1.67 bits per heavy atom. The Hall–Kier alpha value is -1.38. The molecular weight excluding hydrogens is 260 g/mol. The van der Waals surface area contributed by atoms with E-state index in [2.05, 4.69) is 12.2 Å². The highest BCUT2D eigenvalue weighted by Gasteiger charge is 2.25. The molecular formula is C18H26N2O. The molecule has 3 heteroatoms. The number of hydrogen-bond donors (Lipinski definition) is 1. The predicted molar refractivity (Wildman–Crippen MR) is 85.7 cm³/mol. The van der Waals surface area contributed by atoms with Crippen LogP contribution in [-0.4, -0.2) is 10.9 Å². The molecule has 1 aromatic heterocycles. The highest BCUT2D eigenvalue weighted by atomic mass is 16.1. The predicted octanol–water partition coefficient (Wildman–Crippen LogP) is 3.97. The van der Waals surface area contributed by atoms with Crippen LogP contribution in [0.25, 0.3) is 0 Å². The largest absolute Gasteiger partial charge is 0.325 e. The number of aromatic nitrogens is 1. The number of unbranched alkanes of at least 4 members (excludes halogenated alkanes) is 2. The van der Waals surface area contributed by atoms with Crippen LogP contribution in [0.2, 0.25) is 0 Å². The van der Waals surface area contributed by atoms with E-state index in [0.717, 1.165) is 50.6 Å². The van der Waals surface area contributed by atoms with E-state index in [0.29, 0.717) is 6.42 Å². The van der Waals surface area contributed by atoms with Gasteiger partial charge in [-0.25, -0.2) is 0 Å². The topological polar surface area (TPSA) is 42.0 Å². The molecule has 0 aromatic carbocycles. The third-order valence-corrected chi connectivity index (χ3v) is 4.77. The maximum Gasteiger partial charge on any atom is 0.224 e. The van der Waals surface area contributed by atoms with Gasteiger partial charge in [0, 0.05) is 17.8 Å². The van der Waals surface area contributed by atoms with E-state index in [4.69, 9.17) is 4.98 Å². The van der Waals surface area contributed by atoms with E-state index in [9.17, 15) is 4.79 Å². The fourth-order valence-corrected chi connectivity index (χ4v) is 3.64. The summed E-state index contributed by atoms with van der Waals surface area (Å²) in [5.74, 6) is 0.191. The van der Waals surface area contributed by atoms with Crippen LogP contribution in [0.3, 0.4) is 0 Å². The van der Waals surface area contributed by atoms with Crippen molar-refractivity contribution in [2.24, 2.45) is 0 Å². The number of amides is 1. The normalized spacial score (nSPS) is 16.4. The molecule has 3 rings (SSSR count). The van der Waals surface area contributed by atoms with Crippen LogP contribution in [0.5, 0.6) is 0 Å². The van der Waals surface area contributed by atoms with E-state index in [1.54, 1.807) is 0 Å². The van der Waals surface area contributed by atoms with Crippen molar-refractivity contribution in [3.63, 3.8) is 0 Å². The molecule has 0 fully saturated rings. The van der Waals surface area contributed by atoms with Gasteiger partial charge in [-0.1, -0.05) is 19.8 Å². The van der Waals surface area contributed by atoms with Crippen molar-refractivity contribution in [1.29, 1.82) is 0 Å². The molecule has 21 heavy (non-hydrogen) atoms. The molecule has 0 saturated heterocycles. The summed E-state index contributed by atoms with van der Waals surface area (Å²) in [6.45, 7) is 2.17. The first-order valence-corrected chi connectivity index (χ1v) is 8.63. The fourth-order valence-electron chi connectivity index (χ4n) is 3.64. The van der Waals surface area contributed by atoms with Gasteiger partial charge in [0.15, 0.2) is 0 Å². The van der Waals surface area contributed by atoms with Gasteiger partial charge in [-0.3, -0.25) is 9.78 Å². The number of carbonyl (C=O) groups is 1. The van der Waals surface area contributed by atoms with E-state index in [1.807, 2.05) is 0 Å². The zero-order valence-electron chi connectivity index (χ0n) is 13.1. The molecule has 0 radical (unpaired) electrons. The van der Waals surface area contributed by atoms with Crippen LogP contribution < -0.4 is 5.32 Å². The Kier molecular flexibility index (Phi) is 4.57. The zero-order valence-corrected chi connectivity index (χ0v) is 13.1. The number of fused-ring (bicyclic) bond motifs is 2. The van der Waals surface area contributed by atoms with Crippen molar-refractivity contribution in [2.45, 2.75) is 77.6 Å². The Morgan fingerprint density at radius 1 is 1.00 bits per heavy atom. The quantitative estimate of drug-likeness (QED) is 0.832. The molecule has 0 spiro atoms. The van der Waals surface area contributed by atoms with Gasteiger partial charge in [-0.15, -0.1) is 0 Å². The number of rotatable bonds is 5. The van der Waals surface area contributed by atoms with Crippen LogP contribution in [-0.2, 0) is 30.5 Å². The molecule has 3 nitrogen and oxygen atoms in total. The molecule has 0 aliphatic heterocycles. The molecule has 1 amide bonds. The van der Waals surface area contributed by atoms with Gasteiger partial charge in [0.2, 0.25) is 5.91 Å². The SMILES string of the molecule is CCCCCC(=O)Nc1c2c(nc3c1CCC3)CCCC2. The molecule has 1 N–H and O–H groups in total. The van der Waals surface area contributed by atoms with Crippen molar-refractivity contribution in [2.75, 3.05) is 5.32 Å². The molecule has 1 heterocycles. The molecule has 0 atom stereocenters. The first kappa shape index (κ1) is 14.6. The molecule has 114 valence electrons. The lowest BCUT2D eigenvalue weighted by Crippen LogP contribution is -2.18. The third-order valence-electron chi connectivity index (χ3n) is 4.77. The van der Waals surface area contributed by atoms with Crippen LogP contribution in [0.1, 0.15) is 74.4 Å². The maximum absolute atomic E-state index is 12.2. The Morgan fingerprint density at radius 3 is 2.43 bits per heavy atom. The second-order valence-electron chi connectivity index (χ2n) is 6.40. The van der Waals surface area contributed by atoms with E-state index in [1.165, 1.54) is 41.8 Å². The fraction of sp³-hybridized carbons (Fsp3) is 0.667. The van der Waals surface area contributed by atoms with Crippen LogP contribution in [0.4, 0.5) is 5.69 Å². The summed E-state index contributed by atoms with van der Waals surface area (Å²) in [5, 5.41) is 3.25. The highest BCUT2D eigenvalue weighted by Crippen LogP contribution is 2.36. The number of aryl methyl sites for hydroxylation is 2. The second kappa shape index (κ2) is 6.59. The Labute approximate surface area is 127 Å². The van der Waals surface area contributed by atoms with Gasteiger partial charge in [0.25, 0.3) is 0 Å². The van der Waals surface area contributed by atoms with Crippen molar-refractivity contribution >= 4 is 11.6 Å². The van der Waals surface area contributed by atoms with Crippen molar-refractivity contribution in [3.05, 3.63) is 22.5 Å². The lowest BCUT2D eigenvalue weighted by atomic mass is 9.92. The summed E-state index contributed by atoms with van der Waals surface area (Å²) in [6.07, 6.45) is 11.9. The maximum atomic E-state index is 12.2. The minimum atomic E-state index is 0.191. The summed E-state index contributed by atoms with van der Waals surface area (Å²) in [7, 11) is 0. The van der Waals surface area contributed by atoms with E-state index < -0.39 is 0 Å². The lowest BCUT2D eigenvalue weighted by molar-refractivity contribution is -0.116. The second-order valence-corrected chi connectivity index (χ2v) is 6.40. The summed E-state index contributed by atoms with van der Waals surface area (Å²) in [5.41, 5.74) is 6.32. The number of pyridine rings is 1. The van der Waals surface area contributed by atoms with Gasteiger partial charge in [0.1, 0.15) is 0 Å². The standard InChI is InChI=1S/C18H26N2O/c1-2-3-4-12-17(21)20-18-13-8-5-6-10-15(13)19-16-11-7-9-14(16)18/h2-12H2,1H3,(H,19,20,21). The summed E-state index contributed by atoms with van der Waals surface area (Å²) in [4.78, 5) is 17.1. The van der Waals surface area contributed by atoms with E-state index in [-0.39, 0.29) is 5.91 Å². The summed E-state index contributed by atoms with van der Waals surface area (Å²) in [6, 6.07) is 0. The summed E-state index contributed by atoms with van der Waals surface area (Å²) < 4.78 is 0. The van der Waals surface area contributed by atoms with Crippen molar-refractivity contribution < 1.29 is 4.79 Å². The molecule has 0 bridgehead atoms. The van der Waals surface area contributed by atoms with Crippen molar-refractivity contribution in [3.8, 4) is 0 Å². The highest BCUT2D eigenvalue weighted by molar-refractivity contribution is 5.92. The average molecular weight is 286 g/mol. The Balaban J connectivity index is 1.83. The summed E-state index contributed by atoms with van der Waals surface area (Å²) >= 11 is 0. The van der Waals surface area contributed by atoms with Gasteiger partial charge >= 0.3 is 0 Å². The average Bonchev–Trinajstić information content (AvgIpc) is 2.95. The van der Waals surface area contributed by atoms with Gasteiger partial charge < -0.3 is 5.32 Å². The van der Waals surface area contributed by atoms with Crippen LogP contribution >= 0.6 is 0 Å². The first-order chi connectivity index (χ1) is 10.3. The number of nitrogens with one attached hydrogen (secondary N) is 1. The monoisotopic (exact) mass is 286 g/mol. The minimum Gasteiger partial charge on any atom is -0.325 e. The van der Waals surface area contributed by atoms with Gasteiger partial charge in [-0.2, -0.15) is 0 Å². The third kappa shape index (κ3) is 3.12. The lowest BCUT2D eigenvalue weighted by Gasteiger charge is -2.22. The number of nitrogens with zero attached hydrogens (tertiary/aromatic N) is 1. The van der Waals surface area contributed by atoms with Crippen LogP contribution in [0, 0.1) is 0 Å². The smallest absolute Gasteiger partial charge is 0.224 e.